The molecule has 1 aromatic carbocycles. The molecule has 0 atom stereocenters. The summed E-state index contributed by atoms with van der Waals surface area (Å²) in [6, 6.07) is 6.04. The SMILES string of the molecule is CCCNCCc1ccc2c(c1)N(CC(=O)O)CCO2. The lowest BCUT2D eigenvalue weighted by Crippen LogP contribution is -2.36. The molecule has 0 spiro atoms. The second-order valence-corrected chi connectivity index (χ2v) is 4.97. The molecule has 110 valence electrons. The fourth-order valence-corrected chi connectivity index (χ4v) is 2.34. The van der Waals surface area contributed by atoms with Gasteiger partial charge in [-0.3, -0.25) is 4.79 Å². The smallest absolute Gasteiger partial charge is 0.323 e. The third-order valence-electron chi connectivity index (χ3n) is 3.33. The highest BCUT2D eigenvalue weighted by atomic mass is 16.5. The fraction of sp³-hybridized carbons (Fsp3) is 0.533. The minimum absolute atomic E-state index is 0.0217. The van der Waals surface area contributed by atoms with E-state index in [0.717, 1.165) is 37.4 Å². The number of ether oxygens (including phenoxy) is 1. The van der Waals surface area contributed by atoms with Crippen LogP contribution in [0.25, 0.3) is 0 Å². The summed E-state index contributed by atoms with van der Waals surface area (Å²) in [6.45, 7) is 5.29. The quantitative estimate of drug-likeness (QED) is 0.740. The number of hydrogen-bond acceptors (Lipinski definition) is 4. The van der Waals surface area contributed by atoms with E-state index in [-0.39, 0.29) is 6.54 Å². The Bertz CT molecular complexity index is 462. The fourth-order valence-electron chi connectivity index (χ4n) is 2.34. The molecule has 20 heavy (non-hydrogen) atoms. The molecule has 5 nitrogen and oxygen atoms in total. The zero-order valence-electron chi connectivity index (χ0n) is 11.9. The number of benzene rings is 1. The summed E-state index contributed by atoms with van der Waals surface area (Å²) in [5.74, 6) is -0.0318. The topological polar surface area (TPSA) is 61.8 Å². The molecule has 0 aliphatic carbocycles. The number of carboxylic acids is 1. The van der Waals surface area contributed by atoms with Crippen LogP contribution in [0.15, 0.2) is 18.2 Å². The van der Waals surface area contributed by atoms with Gasteiger partial charge < -0.3 is 20.1 Å². The molecule has 0 saturated heterocycles. The minimum atomic E-state index is -0.812. The Morgan fingerprint density at radius 2 is 2.30 bits per heavy atom. The van der Waals surface area contributed by atoms with Crippen LogP contribution in [0.5, 0.6) is 5.75 Å². The van der Waals surface area contributed by atoms with Crippen LogP contribution in [0.1, 0.15) is 18.9 Å². The molecule has 0 aromatic heterocycles. The third-order valence-corrected chi connectivity index (χ3v) is 3.33. The maximum absolute atomic E-state index is 10.9. The van der Waals surface area contributed by atoms with Crippen molar-refractivity contribution in [1.29, 1.82) is 0 Å². The largest absolute Gasteiger partial charge is 0.490 e. The summed E-state index contributed by atoms with van der Waals surface area (Å²) in [7, 11) is 0. The van der Waals surface area contributed by atoms with Crippen LogP contribution in [-0.2, 0) is 11.2 Å². The standard InChI is InChI=1S/C15H22N2O3/c1-2-6-16-7-5-12-3-4-14-13(10-12)17(8-9-20-14)11-15(18)19/h3-4,10,16H,2,5-9,11H2,1H3,(H,18,19). The lowest BCUT2D eigenvalue weighted by atomic mass is 10.1. The molecule has 0 bridgehead atoms. The van der Waals surface area contributed by atoms with Crippen molar-refractivity contribution in [3.8, 4) is 5.75 Å². The summed E-state index contributed by atoms with van der Waals surface area (Å²) in [5.41, 5.74) is 2.10. The van der Waals surface area contributed by atoms with E-state index >= 15 is 0 Å². The molecule has 2 N–H and O–H groups in total. The van der Waals surface area contributed by atoms with E-state index in [2.05, 4.69) is 18.3 Å². The van der Waals surface area contributed by atoms with E-state index in [9.17, 15) is 4.79 Å². The van der Waals surface area contributed by atoms with Crippen LogP contribution in [0.2, 0.25) is 0 Å². The average molecular weight is 278 g/mol. The Hall–Kier alpha value is -1.75. The van der Waals surface area contributed by atoms with Gasteiger partial charge in [-0.1, -0.05) is 13.0 Å². The molecular formula is C15H22N2O3. The normalized spacial score (nSPS) is 13.8. The van der Waals surface area contributed by atoms with E-state index in [1.165, 1.54) is 5.56 Å². The predicted molar refractivity (Wildman–Crippen MR) is 78.7 cm³/mol. The zero-order valence-corrected chi connectivity index (χ0v) is 11.9. The van der Waals surface area contributed by atoms with Gasteiger partial charge in [0.05, 0.1) is 12.2 Å². The molecule has 5 heteroatoms. The van der Waals surface area contributed by atoms with E-state index in [1.807, 2.05) is 17.0 Å². The number of nitrogens with zero attached hydrogens (tertiary/aromatic N) is 1. The highest BCUT2D eigenvalue weighted by Crippen LogP contribution is 2.32. The van der Waals surface area contributed by atoms with Crippen molar-refractivity contribution < 1.29 is 14.6 Å². The number of nitrogens with one attached hydrogen (secondary N) is 1. The lowest BCUT2D eigenvalue weighted by Gasteiger charge is -2.30. The number of aliphatic carboxylic acids is 1. The van der Waals surface area contributed by atoms with Crippen LogP contribution in [0, 0.1) is 0 Å². The molecule has 1 aromatic rings. The van der Waals surface area contributed by atoms with E-state index in [4.69, 9.17) is 9.84 Å². The Morgan fingerprint density at radius 3 is 3.05 bits per heavy atom. The van der Waals surface area contributed by atoms with E-state index in [1.54, 1.807) is 0 Å². The van der Waals surface area contributed by atoms with Crippen LogP contribution in [0.3, 0.4) is 0 Å². The van der Waals surface area contributed by atoms with Crippen molar-refractivity contribution in [1.82, 2.24) is 5.32 Å². The molecule has 0 unspecified atom stereocenters. The van der Waals surface area contributed by atoms with E-state index < -0.39 is 5.97 Å². The van der Waals surface area contributed by atoms with Gasteiger partial charge in [-0.15, -0.1) is 0 Å². The maximum Gasteiger partial charge on any atom is 0.323 e. The Kier molecular flexibility index (Phi) is 5.24. The number of rotatable bonds is 7. The summed E-state index contributed by atoms with van der Waals surface area (Å²) < 4.78 is 5.58. The molecule has 1 aliphatic heterocycles. The van der Waals surface area contributed by atoms with Crippen LogP contribution < -0.4 is 15.0 Å². The maximum atomic E-state index is 10.9. The van der Waals surface area contributed by atoms with Crippen molar-refractivity contribution in [2.75, 3.05) is 37.7 Å². The van der Waals surface area contributed by atoms with Crippen molar-refractivity contribution in [2.45, 2.75) is 19.8 Å². The molecular weight excluding hydrogens is 256 g/mol. The van der Waals surface area contributed by atoms with Crippen molar-refractivity contribution >= 4 is 11.7 Å². The number of hydrogen-bond donors (Lipinski definition) is 2. The Morgan fingerprint density at radius 1 is 1.45 bits per heavy atom. The van der Waals surface area contributed by atoms with Crippen molar-refractivity contribution in [2.24, 2.45) is 0 Å². The van der Waals surface area contributed by atoms with Gasteiger partial charge in [-0.05, 0) is 43.6 Å². The number of carboxylic acid groups (broad SMARTS) is 1. The average Bonchev–Trinajstić information content (AvgIpc) is 2.43. The van der Waals surface area contributed by atoms with Gasteiger partial charge in [0.15, 0.2) is 0 Å². The third kappa shape index (κ3) is 3.87. The number of fused-ring (bicyclic) bond motifs is 1. The summed E-state index contributed by atoms with van der Waals surface area (Å²) >= 11 is 0. The number of carbonyl (C=O) groups is 1. The van der Waals surface area contributed by atoms with E-state index in [0.29, 0.717) is 13.2 Å². The first kappa shape index (κ1) is 14.7. The molecule has 0 amide bonds. The molecule has 1 heterocycles. The summed E-state index contributed by atoms with van der Waals surface area (Å²) in [5, 5.41) is 12.3. The first-order chi connectivity index (χ1) is 9.70. The lowest BCUT2D eigenvalue weighted by molar-refractivity contribution is -0.135. The van der Waals surface area contributed by atoms with Crippen molar-refractivity contribution in [3.05, 3.63) is 23.8 Å². The molecule has 0 fully saturated rings. The molecule has 2 rings (SSSR count). The van der Waals surface area contributed by atoms with Crippen molar-refractivity contribution in [3.63, 3.8) is 0 Å². The van der Waals surface area contributed by atoms with Gasteiger partial charge in [-0.25, -0.2) is 0 Å². The van der Waals surface area contributed by atoms with Gasteiger partial charge >= 0.3 is 5.97 Å². The van der Waals surface area contributed by atoms with Gasteiger partial charge in [0, 0.05) is 0 Å². The summed E-state index contributed by atoms with van der Waals surface area (Å²) in [4.78, 5) is 12.8. The first-order valence-corrected chi connectivity index (χ1v) is 7.14. The zero-order chi connectivity index (χ0) is 14.4. The summed E-state index contributed by atoms with van der Waals surface area (Å²) in [6.07, 6.45) is 2.07. The molecule has 1 aliphatic rings. The van der Waals surface area contributed by atoms with Crippen LogP contribution >= 0.6 is 0 Å². The van der Waals surface area contributed by atoms with Gasteiger partial charge in [0.2, 0.25) is 0 Å². The molecule has 0 radical (unpaired) electrons. The second-order valence-electron chi connectivity index (χ2n) is 4.97. The highest BCUT2D eigenvalue weighted by Gasteiger charge is 2.20. The molecule has 0 saturated carbocycles. The first-order valence-electron chi connectivity index (χ1n) is 7.14. The Balaban J connectivity index is 2.05. The Labute approximate surface area is 119 Å². The minimum Gasteiger partial charge on any atom is -0.490 e. The highest BCUT2D eigenvalue weighted by molar-refractivity contribution is 5.75. The second kappa shape index (κ2) is 7.14. The van der Waals surface area contributed by atoms with Gasteiger partial charge in [0.1, 0.15) is 18.9 Å². The monoisotopic (exact) mass is 278 g/mol. The number of anilines is 1. The van der Waals surface area contributed by atoms with Crippen LogP contribution in [0.4, 0.5) is 5.69 Å². The van der Waals surface area contributed by atoms with Crippen LogP contribution in [-0.4, -0.2) is 43.9 Å². The van der Waals surface area contributed by atoms with Gasteiger partial charge in [-0.2, -0.15) is 0 Å². The van der Waals surface area contributed by atoms with Gasteiger partial charge in [0.25, 0.3) is 0 Å². The predicted octanol–water partition coefficient (Wildman–Crippen LogP) is 1.51.